The van der Waals surface area contributed by atoms with Crippen molar-refractivity contribution < 1.29 is 19.1 Å². The molecule has 1 unspecified atom stereocenters. The highest BCUT2D eigenvalue weighted by atomic mass is 16.5. The molecule has 26 heavy (non-hydrogen) atoms. The van der Waals surface area contributed by atoms with Crippen LogP contribution in [0.1, 0.15) is 37.7 Å². The molecule has 136 valence electrons. The van der Waals surface area contributed by atoms with Crippen molar-refractivity contribution in [1.29, 1.82) is 0 Å². The lowest BCUT2D eigenvalue weighted by molar-refractivity contribution is -0.145. The summed E-state index contributed by atoms with van der Waals surface area (Å²) in [5, 5.41) is 0. The SMILES string of the molecule is C=CCOC(=O)C1C(C)=NC2=C(C(=O)CCC2)[C@@H]1c1ccccc1OC. The van der Waals surface area contributed by atoms with Crippen LogP contribution in [-0.4, -0.2) is 31.2 Å². The first-order valence-electron chi connectivity index (χ1n) is 8.80. The number of hydrogen-bond acceptors (Lipinski definition) is 5. The molecule has 3 rings (SSSR count). The van der Waals surface area contributed by atoms with Gasteiger partial charge in [-0.15, -0.1) is 0 Å². The summed E-state index contributed by atoms with van der Waals surface area (Å²) in [4.78, 5) is 30.2. The Morgan fingerprint density at radius 3 is 2.85 bits per heavy atom. The van der Waals surface area contributed by atoms with Crippen LogP contribution in [-0.2, 0) is 14.3 Å². The standard InChI is InChI=1S/C21H23NO4/c1-4-12-26-21(24)18-13(2)22-15-9-7-10-16(23)20(15)19(18)14-8-5-6-11-17(14)25-3/h4-6,8,11,18-19H,1,7,9-10,12H2,2-3H3/t18?,19-/m1/s1. The number of allylic oxidation sites excluding steroid dienone is 2. The van der Waals surface area contributed by atoms with Gasteiger partial charge in [-0.25, -0.2) is 0 Å². The van der Waals surface area contributed by atoms with Crippen molar-refractivity contribution in [3.8, 4) is 5.75 Å². The van der Waals surface area contributed by atoms with E-state index in [-0.39, 0.29) is 12.4 Å². The minimum absolute atomic E-state index is 0.0555. The Balaban J connectivity index is 2.16. The third-order valence-electron chi connectivity index (χ3n) is 4.91. The highest BCUT2D eigenvalue weighted by Gasteiger charge is 2.44. The molecule has 0 amide bonds. The van der Waals surface area contributed by atoms with E-state index in [4.69, 9.17) is 9.47 Å². The highest BCUT2D eigenvalue weighted by Crippen LogP contribution is 2.45. The van der Waals surface area contributed by atoms with Crippen molar-refractivity contribution >= 4 is 17.5 Å². The number of benzene rings is 1. The van der Waals surface area contributed by atoms with Crippen LogP contribution < -0.4 is 4.74 Å². The van der Waals surface area contributed by atoms with E-state index in [1.54, 1.807) is 7.11 Å². The molecule has 5 heteroatoms. The molecule has 1 aromatic rings. The van der Waals surface area contributed by atoms with Crippen LogP contribution in [0.5, 0.6) is 5.75 Å². The zero-order valence-corrected chi connectivity index (χ0v) is 15.2. The first kappa shape index (κ1) is 18.1. The van der Waals surface area contributed by atoms with Crippen LogP contribution in [0.4, 0.5) is 0 Å². The van der Waals surface area contributed by atoms with Gasteiger partial charge in [0.25, 0.3) is 0 Å². The van der Waals surface area contributed by atoms with E-state index in [0.717, 1.165) is 24.1 Å². The molecular formula is C21H23NO4. The summed E-state index contributed by atoms with van der Waals surface area (Å²) >= 11 is 0. The second-order valence-electron chi connectivity index (χ2n) is 6.51. The van der Waals surface area contributed by atoms with Crippen molar-refractivity contribution in [2.75, 3.05) is 13.7 Å². The first-order valence-corrected chi connectivity index (χ1v) is 8.80. The zero-order valence-electron chi connectivity index (χ0n) is 15.2. The number of carbonyl (C=O) groups excluding carboxylic acids is 2. The van der Waals surface area contributed by atoms with Crippen molar-refractivity contribution in [3.63, 3.8) is 0 Å². The molecule has 1 aliphatic heterocycles. The molecule has 2 aliphatic rings. The quantitative estimate of drug-likeness (QED) is 0.599. The monoisotopic (exact) mass is 353 g/mol. The number of rotatable bonds is 5. The maximum absolute atomic E-state index is 12.8. The number of nitrogens with zero attached hydrogens (tertiary/aromatic N) is 1. The van der Waals surface area contributed by atoms with E-state index in [0.29, 0.717) is 23.5 Å². The number of hydrogen-bond donors (Lipinski definition) is 0. The summed E-state index contributed by atoms with van der Waals surface area (Å²) in [5.41, 5.74) is 2.91. The van der Waals surface area contributed by atoms with E-state index >= 15 is 0 Å². The molecule has 0 radical (unpaired) electrons. The van der Waals surface area contributed by atoms with Gasteiger partial charge in [-0.2, -0.15) is 0 Å². The van der Waals surface area contributed by atoms with Crippen LogP contribution in [0.25, 0.3) is 0 Å². The third kappa shape index (κ3) is 3.21. The lowest BCUT2D eigenvalue weighted by Gasteiger charge is -2.34. The zero-order chi connectivity index (χ0) is 18.7. The molecule has 0 saturated heterocycles. The van der Waals surface area contributed by atoms with E-state index in [2.05, 4.69) is 11.6 Å². The Labute approximate surface area is 153 Å². The number of aliphatic imine (C=N–C) groups is 1. The Bertz CT molecular complexity index is 806. The molecule has 1 heterocycles. The molecular weight excluding hydrogens is 330 g/mol. The van der Waals surface area contributed by atoms with Gasteiger partial charge in [-0.05, 0) is 25.8 Å². The third-order valence-corrected chi connectivity index (χ3v) is 4.91. The second kappa shape index (κ2) is 7.68. The predicted molar refractivity (Wildman–Crippen MR) is 99.4 cm³/mol. The molecule has 0 fully saturated rings. The maximum atomic E-state index is 12.8. The number of ketones is 1. The molecule has 1 aromatic carbocycles. The van der Waals surface area contributed by atoms with Crippen LogP contribution in [0.15, 0.2) is 53.2 Å². The fourth-order valence-corrected chi connectivity index (χ4v) is 3.80. The summed E-state index contributed by atoms with van der Waals surface area (Å²) in [6.07, 6.45) is 3.55. The second-order valence-corrected chi connectivity index (χ2v) is 6.51. The van der Waals surface area contributed by atoms with Crippen LogP contribution >= 0.6 is 0 Å². The highest BCUT2D eigenvalue weighted by molar-refractivity contribution is 6.09. The summed E-state index contributed by atoms with van der Waals surface area (Å²) in [7, 11) is 1.59. The Morgan fingerprint density at radius 1 is 1.35 bits per heavy atom. The molecule has 0 spiro atoms. The number of methoxy groups -OCH3 is 1. The van der Waals surface area contributed by atoms with Gasteiger partial charge in [0.2, 0.25) is 0 Å². The van der Waals surface area contributed by atoms with Gasteiger partial charge in [0.15, 0.2) is 5.78 Å². The lowest BCUT2D eigenvalue weighted by atomic mass is 9.71. The van der Waals surface area contributed by atoms with E-state index < -0.39 is 17.8 Å². The van der Waals surface area contributed by atoms with Gasteiger partial charge >= 0.3 is 5.97 Å². The predicted octanol–water partition coefficient (Wildman–Crippen LogP) is 3.61. The average molecular weight is 353 g/mol. The number of Topliss-reactive ketones (excluding diaryl/α,β-unsaturated/α-hetero) is 1. The van der Waals surface area contributed by atoms with E-state index in [9.17, 15) is 9.59 Å². The van der Waals surface area contributed by atoms with Gasteiger partial charge in [-0.1, -0.05) is 30.9 Å². The van der Waals surface area contributed by atoms with Crippen LogP contribution in [0.3, 0.4) is 0 Å². The van der Waals surface area contributed by atoms with Gasteiger partial charge < -0.3 is 9.47 Å². The smallest absolute Gasteiger partial charge is 0.315 e. The van der Waals surface area contributed by atoms with Crippen molar-refractivity contribution in [2.24, 2.45) is 10.9 Å². The Hall–Kier alpha value is -2.69. The number of para-hydroxylation sites is 1. The summed E-state index contributed by atoms with van der Waals surface area (Å²) in [6.45, 7) is 5.54. The Morgan fingerprint density at radius 2 is 2.12 bits per heavy atom. The van der Waals surface area contributed by atoms with Gasteiger partial charge in [0, 0.05) is 34.9 Å². The molecule has 2 atom stereocenters. The minimum atomic E-state index is -0.646. The number of ether oxygens (including phenoxy) is 2. The van der Waals surface area contributed by atoms with E-state index in [1.807, 2.05) is 31.2 Å². The summed E-state index contributed by atoms with van der Waals surface area (Å²) in [5.74, 6) is -0.776. The van der Waals surface area contributed by atoms with Crippen molar-refractivity contribution in [3.05, 3.63) is 53.8 Å². The molecule has 0 bridgehead atoms. The first-order chi connectivity index (χ1) is 12.6. The molecule has 0 aromatic heterocycles. The lowest BCUT2D eigenvalue weighted by Crippen LogP contribution is -2.37. The van der Waals surface area contributed by atoms with Gasteiger partial charge in [0.1, 0.15) is 18.3 Å². The fraction of sp³-hybridized carbons (Fsp3) is 0.381. The number of esters is 1. The molecule has 0 N–H and O–H groups in total. The maximum Gasteiger partial charge on any atom is 0.315 e. The van der Waals surface area contributed by atoms with Crippen LogP contribution in [0.2, 0.25) is 0 Å². The average Bonchev–Trinajstić information content (AvgIpc) is 2.65. The largest absolute Gasteiger partial charge is 0.496 e. The molecule has 0 saturated carbocycles. The molecule has 5 nitrogen and oxygen atoms in total. The summed E-state index contributed by atoms with van der Waals surface area (Å²) < 4.78 is 10.8. The fourth-order valence-electron chi connectivity index (χ4n) is 3.80. The minimum Gasteiger partial charge on any atom is -0.496 e. The van der Waals surface area contributed by atoms with E-state index in [1.165, 1.54) is 6.08 Å². The summed E-state index contributed by atoms with van der Waals surface area (Å²) in [6, 6.07) is 7.51. The van der Waals surface area contributed by atoms with Gasteiger partial charge in [-0.3, -0.25) is 14.6 Å². The van der Waals surface area contributed by atoms with Gasteiger partial charge in [0.05, 0.1) is 7.11 Å². The number of carbonyl (C=O) groups is 2. The topological polar surface area (TPSA) is 65.0 Å². The van der Waals surface area contributed by atoms with Crippen molar-refractivity contribution in [2.45, 2.75) is 32.1 Å². The Kier molecular flexibility index (Phi) is 5.35. The van der Waals surface area contributed by atoms with Crippen LogP contribution in [0, 0.1) is 5.92 Å². The normalized spacial score (nSPS) is 22.4. The molecule has 1 aliphatic carbocycles. The van der Waals surface area contributed by atoms with Crippen molar-refractivity contribution in [1.82, 2.24) is 0 Å².